The Morgan fingerprint density at radius 1 is 1.35 bits per heavy atom. The van der Waals surface area contributed by atoms with Crippen molar-refractivity contribution in [3.8, 4) is 0 Å². The minimum atomic E-state index is -0.423. The van der Waals surface area contributed by atoms with E-state index in [0.717, 1.165) is 10.5 Å². The Morgan fingerprint density at radius 3 is 2.55 bits per heavy atom. The summed E-state index contributed by atoms with van der Waals surface area (Å²) in [4.78, 5) is 12.6. The molecule has 0 aliphatic heterocycles. The molecule has 1 atom stereocenters. The molecular formula is C14H19N3O2S. The summed E-state index contributed by atoms with van der Waals surface area (Å²) in [6.45, 7) is 5.84. The Balaban J connectivity index is 2.21. The first-order chi connectivity index (χ1) is 9.52. The Kier molecular flexibility index (Phi) is 4.67. The molecule has 0 aliphatic rings. The second-order valence-electron chi connectivity index (χ2n) is 4.87. The number of nitrogens with zero attached hydrogens (tertiary/aromatic N) is 2. The first-order valence-corrected chi connectivity index (χ1v) is 7.47. The number of H-pyrrole nitrogens is 1. The van der Waals surface area contributed by atoms with E-state index in [0.29, 0.717) is 11.6 Å². The van der Waals surface area contributed by atoms with E-state index in [-0.39, 0.29) is 11.7 Å². The minimum Gasteiger partial charge on any atom is -0.388 e. The number of rotatable bonds is 5. The van der Waals surface area contributed by atoms with Crippen LogP contribution in [0.2, 0.25) is 0 Å². The number of hydrogen-bond donors (Lipinski definition) is 2. The summed E-state index contributed by atoms with van der Waals surface area (Å²) in [5.41, 5.74) is 0.709. The molecule has 6 heteroatoms. The lowest BCUT2D eigenvalue weighted by molar-refractivity contribution is 0.173. The standard InChI is InChI=1S/C14H19N3O2S/c1-4-12(18)10-5-7-11(8-6-10)20-14-16-15-13(19)17(14)9(2)3/h5-9,12,18H,4H2,1-3H3,(H,15,19)/t12-/m1/s1. The quantitative estimate of drug-likeness (QED) is 0.889. The average Bonchev–Trinajstić information content (AvgIpc) is 2.79. The van der Waals surface area contributed by atoms with Crippen LogP contribution >= 0.6 is 11.8 Å². The summed E-state index contributed by atoms with van der Waals surface area (Å²) < 4.78 is 1.62. The lowest BCUT2D eigenvalue weighted by Gasteiger charge is -2.10. The van der Waals surface area contributed by atoms with Crippen molar-refractivity contribution < 1.29 is 5.11 Å². The van der Waals surface area contributed by atoms with E-state index in [2.05, 4.69) is 10.2 Å². The summed E-state index contributed by atoms with van der Waals surface area (Å²) in [6, 6.07) is 7.73. The molecule has 0 fully saturated rings. The van der Waals surface area contributed by atoms with Crippen molar-refractivity contribution in [3.63, 3.8) is 0 Å². The van der Waals surface area contributed by atoms with Gasteiger partial charge >= 0.3 is 5.69 Å². The Labute approximate surface area is 122 Å². The molecule has 0 bridgehead atoms. The van der Waals surface area contributed by atoms with E-state index in [9.17, 15) is 9.90 Å². The summed E-state index contributed by atoms with van der Waals surface area (Å²) in [6.07, 6.45) is 0.270. The van der Waals surface area contributed by atoms with Gasteiger partial charge < -0.3 is 5.11 Å². The molecule has 2 aromatic rings. The predicted octanol–water partition coefficient (Wildman–Crippen LogP) is 2.75. The molecule has 2 rings (SSSR count). The largest absolute Gasteiger partial charge is 0.388 e. The lowest BCUT2D eigenvalue weighted by atomic mass is 10.1. The van der Waals surface area contributed by atoms with E-state index in [1.54, 1.807) is 4.57 Å². The molecule has 1 aromatic carbocycles. The summed E-state index contributed by atoms with van der Waals surface area (Å²) in [7, 11) is 0. The highest BCUT2D eigenvalue weighted by Gasteiger charge is 2.13. The smallest absolute Gasteiger partial charge is 0.344 e. The number of aliphatic hydroxyl groups excluding tert-OH is 1. The monoisotopic (exact) mass is 293 g/mol. The van der Waals surface area contributed by atoms with Crippen LogP contribution in [0.15, 0.2) is 39.1 Å². The van der Waals surface area contributed by atoms with E-state index in [1.807, 2.05) is 45.0 Å². The number of nitrogens with one attached hydrogen (secondary N) is 1. The number of aromatic nitrogens is 3. The van der Waals surface area contributed by atoms with E-state index in [4.69, 9.17) is 0 Å². The summed E-state index contributed by atoms with van der Waals surface area (Å²) >= 11 is 1.43. The minimum absolute atomic E-state index is 0.0601. The van der Waals surface area contributed by atoms with Gasteiger partial charge in [0.05, 0.1) is 6.10 Å². The van der Waals surface area contributed by atoms with Crippen LogP contribution in [0.5, 0.6) is 0 Å². The number of benzene rings is 1. The van der Waals surface area contributed by atoms with Gasteiger partial charge in [0.2, 0.25) is 0 Å². The van der Waals surface area contributed by atoms with Gasteiger partial charge in [-0.1, -0.05) is 19.1 Å². The fourth-order valence-corrected chi connectivity index (χ4v) is 2.88. The van der Waals surface area contributed by atoms with Crippen LogP contribution in [-0.2, 0) is 0 Å². The van der Waals surface area contributed by atoms with Crippen LogP contribution in [-0.4, -0.2) is 19.9 Å². The van der Waals surface area contributed by atoms with Crippen LogP contribution in [0, 0.1) is 0 Å². The molecule has 1 aromatic heterocycles. The van der Waals surface area contributed by atoms with Gasteiger partial charge in [-0.05, 0) is 49.7 Å². The van der Waals surface area contributed by atoms with E-state index < -0.39 is 6.10 Å². The second kappa shape index (κ2) is 6.28. The molecule has 0 radical (unpaired) electrons. The third kappa shape index (κ3) is 3.13. The zero-order valence-corrected chi connectivity index (χ0v) is 12.6. The first kappa shape index (κ1) is 14.9. The zero-order valence-electron chi connectivity index (χ0n) is 11.8. The van der Waals surface area contributed by atoms with Gasteiger partial charge in [-0.2, -0.15) is 0 Å². The Hall–Kier alpha value is -1.53. The highest BCUT2D eigenvalue weighted by atomic mass is 32.2. The van der Waals surface area contributed by atoms with E-state index in [1.165, 1.54) is 11.8 Å². The molecule has 0 spiro atoms. The van der Waals surface area contributed by atoms with Crippen LogP contribution in [0.3, 0.4) is 0 Å². The van der Waals surface area contributed by atoms with Crippen molar-refractivity contribution in [1.82, 2.24) is 14.8 Å². The fourth-order valence-electron chi connectivity index (χ4n) is 1.92. The molecule has 108 valence electrons. The number of aromatic amines is 1. The Bertz CT molecular complexity index is 616. The molecule has 0 aliphatic carbocycles. The van der Waals surface area contributed by atoms with Crippen molar-refractivity contribution in [2.45, 2.75) is 49.4 Å². The highest BCUT2D eigenvalue weighted by Crippen LogP contribution is 2.28. The van der Waals surface area contributed by atoms with Crippen LogP contribution in [0.25, 0.3) is 0 Å². The van der Waals surface area contributed by atoms with Gasteiger partial charge in [0, 0.05) is 10.9 Å². The first-order valence-electron chi connectivity index (χ1n) is 6.65. The van der Waals surface area contributed by atoms with Gasteiger partial charge in [-0.3, -0.25) is 4.57 Å². The molecule has 0 unspecified atom stereocenters. The molecule has 1 heterocycles. The average molecular weight is 293 g/mol. The zero-order chi connectivity index (χ0) is 14.7. The third-order valence-electron chi connectivity index (χ3n) is 3.05. The van der Waals surface area contributed by atoms with Gasteiger partial charge in [-0.25, -0.2) is 9.89 Å². The van der Waals surface area contributed by atoms with Crippen molar-refractivity contribution >= 4 is 11.8 Å². The number of aliphatic hydroxyl groups is 1. The number of hydrogen-bond acceptors (Lipinski definition) is 4. The van der Waals surface area contributed by atoms with Crippen molar-refractivity contribution in [2.75, 3.05) is 0 Å². The fraction of sp³-hybridized carbons (Fsp3) is 0.429. The van der Waals surface area contributed by atoms with E-state index >= 15 is 0 Å². The molecule has 0 saturated carbocycles. The van der Waals surface area contributed by atoms with Crippen molar-refractivity contribution in [2.24, 2.45) is 0 Å². The topological polar surface area (TPSA) is 70.9 Å². The maximum absolute atomic E-state index is 11.7. The maximum Gasteiger partial charge on any atom is 0.344 e. The molecule has 20 heavy (non-hydrogen) atoms. The highest BCUT2D eigenvalue weighted by molar-refractivity contribution is 7.99. The molecule has 0 amide bonds. The lowest BCUT2D eigenvalue weighted by Crippen LogP contribution is -2.19. The SMILES string of the molecule is CC[C@@H](O)c1ccc(Sc2n[nH]c(=O)n2C(C)C)cc1. The molecule has 2 N–H and O–H groups in total. The maximum atomic E-state index is 11.7. The molecular weight excluding hydrogens is 274 g/mol. The van der Waals surface area contributed by atoms with Crippen molar-refractivity contribution in [3.05, 3.63) is 40.3 Å². The van der Waals surface area contributed by atoms with Gasteiger partial charge in [-0.15, -0.1) is 5.10 Å². The van der Waals surface area contributed by atoms with Gasteiger partial charge in [0.25, 0.3) is 0 Å². The second-order valence-corrected chi connectivity index (χ2v) is 5.91. The van der Waals surface area contributed by atoms with Gasteiger partial charge in [0.1, 0.15) is 0 Å². The van der Waals surface area contributed by atoms with Crippen LogP contribution < -0.4 is 5.69 Å². The van der Waals surface area contributed by atoms with Crippen LogP contribution in [0.1, 0.15) is 44.9 Å². The third-order valence-corrected chi connectivity index (χ3v) is 4.03. The normalized spacial score (nSPS) is 12.8. The summed E-state index contributed by atoms with van der Waals surface area (Å²) in [5, 5.41) is 16.9. The Morgan fingerprint density at radius 2 is 2.00 bits per heavy atom. The molecule has 5 nitrogen and oxygen atoms in total. The van der Waals surface area contributed by atoms with Gasteiger partial charge in [0.15, 0.2) is 5.16 Å². The van der Waals surface area contributed by atoms with Crippen molar-refractivity contribution in [1.29, 1.82) is 0 Å². The molecule has 0 saturated heterocycles. The predicted molar refractivity (Wildman–Crippen MR) is 79.0 cm³/mol. The summed E-state index contributed by atoms with van der Waals surface area (Å²) in [5.74, 6) is 0. The van der Waals surface area contributed by atoms with Crippen LogP contribution in [0.4, 0.5) is 0 Å².